The zero-order valence-corrected chi connectivity index (χ0v) is 13.3. The number of rotatable bonds is 5. The molecule has 1 fully saturated rings. The SMILES string of the molecule is O=C(CN1CCSC1=O)Nc1nnc(Cc2ccccc2)s1. The van der Waals surface area contributed by atoms with E-state index in [0.29, 0.717) is 18.1 Å². The summed E-state index contributed by atoms with van der Waals surface area (Å²) in [5.41, 5.74) is 1.15. The Morgan fingerprint density at radius 1 is 1.27 bits per heavy atom. The smallest absolute Gasteiger partial charge is 0.282 e. The minimum Gasteiger partial charge on any atom is -0.323 e. The first kappa shape index (κ1) is 15.0. The Morgan fingerprint density at radius 3 is 2.82 bits per heavy atom. The molecule has 0 atom stereocenters. The molecule has 1 aliphatic rings. The number of carbonyl (C=O) groups excluding carboxylic acids is 2. The molecule has 1 aromatic heterocycles. The zero-order valence-electron chi connectivity index (χ0n) is 11.7. The van der Waals surface area contributed by atoms with Gasteiger partial charge in [0.15, 0.2) is 0 Å². The number of benzene rings is 1. The number of hydrogen-bond donors (Lipinski definition) is 1. The summed E-state index contributed by atoms with van der Waals surface area (Å²) in [6.45, 7) is 0.686. The van der Waals surface area contributed by atoms with Crippen LogP contribution in [-0.2, 0) is 11.2 Å². The second-order valence-electron chi connectivity index (χ2n) is 4.75. The summed E-state index contributed by atoms with van der Waals surface area (Å²) in [4.78, 5) is 24.9. The van der Waals surface area contributed by atoms with Gasteiger partial charge in [0, 0.05) is 18.7 Å². The maximum absolute atomic E-state index is 11.9. The molecule has 114 valence electrons. The van der Waals surface area contributed by atoms with Gasteiger partial charge >= 0.3 is 0 Å². The van der Waals surface area contributed by atoms with Crippen molar-refractivity contribution in [2.45, 2.75) is 6.42 Å². The number of anilines is 1. The fourth-order valence-electron chi connectivity index (χ4n) is 2.05. The minimum absolute atomic E-state index is 0.0443. The molecule has 2 heterocycles. The Kier molecular flexibility index (Phi) is 4.69. The van der Waals surface area contributed by atoms with E-state index in [4.69, 9.17) is 0 Å². The lowest BCUT2D eigenvalue weighted by molar-refractivity contribution is -0.116. The maximum Gasteiger partial charge on any atom is 0.282 e. The average molecular weight is 334 g/mol. The van der Waals surface area contributed by atoms with E-state index in [-0.39, 0.29) is 17.7 Å². The molecule has 2 amide bonds. The van der Waals surface area contributed by atoms with Crippen molar-refractivity contribution >= 4 is 39.4 Å². The van der Waals surface area contributed by atoms with Crippen LogP contribution in [0.15, 0.2) is 30.3 Å². The minimum atomic E-state index is -0.238. The van der Waals surface area contributed by atoms with Crippen LogP contribution in [0.5, 0.6) is 0 Å². The number of nitrogens with zero attached hydrogens (tertiary/aromatic N) is 3. The van der Waals surface area contributed by atoms with E-state index < -0.39 is 0 Å². The highest BCUT2D eigenvalue weighted by molar-refractivity contribution is 8.13. The van der Waals surface area contributed by atoms with E-state index in [1.807, 2.05) is 30.3 Å². The Bertz CT molecular complexity index is 674. The normalized spacial score (nSPS) is 14.4. The first-order valence-corrected chi connectivity index (χ1v) is 8.59. The van der Waals surface area contributed by atoms with E-state index in [1.54, 1.807) is 0 Å². The van der Waals surface area contributed by atoms with Gasteiger partial charge in [-0.2, -0.15) is 0 Å². The van der Waals surface area contributed by atoms with E-state index in [1.165, 1.54) is 28.0 Å². The molecule has 0 saturated carbocycles. The fraction of sp³-hybridized carbons (Fsp3) is 0.286. The number of thioether (sulfide) groups is 1. The lowest BCUT2D eigenvalue weighted by atomic mass is 10.2. The quantitative estimate of drug-likeness (QED) is 0.907. The molecule has 6 nitrogen and oxygen atoms in total. The fourth-order valence-corrected chi connectivity index (χ4v) is 3.66. The molecule has 1 aliphatic heterocycles. The van der Waals surface area contributed by atoms with Gasteiger partial charge in [0.25, 0.3) is 5.24 Å². The standard InChI is InChI=1S/C14H14N4O2S2/c19-11(9-18-6-7-21-14(18)20)15-13-17-16-12(22-13)8-10-4-2-1-3-5-10/h1-5H,6-9H2,(H,15,17,19). The Labute approximate surface area is 135 Å². The molecule has 1 N–H and O–H groups in total. The van der Waals surface area contributed by atoms with Crippen LogP contribution >= 0.6 is 23.1 Å². The van der Waals surface area contributed by atoms with Gasteiger partial charge in [-0.1, -0.05) is 53.4 Å². The largest absolute Gasteiger partial charge is 0.323 e. The summed E-state index contributed by atoms with van der Waals surface area (Å²) in [6, 6.07) is 9.97. The number of aromatic nitrogens is 2. The van der Waals surface area contributed by atoms with Crippen LogP contribution < -0.4 is 5.32 Å². The average Bonchev–Trinajstić information content (AvgIpc) is 3.10. The third kappa shape index (κ3) is 3.83. The van der Waals surface area contributed by atoms with Crippen LogP contribution in [-0.4, -0.2) is 45.1 Å². The van der Waals surface area contributed by atoms with Crippen molar-refractivity contribution in [3.05, 3.63) is 40.9 Å². The lowest BCUT2D eigenvalue weighted by Gasteiger charge is -2.12. The first-order chi connectivity index (χ1) is 10.7. The summed E-state index contributed by atoms with van der Waals surface area (Å²) in [5.74, 6) is 0.504. The second kappa shape index (κ2) is 6.89. The van der Waals surface area contributed by atoms with Gasteiger partial charge in [-0.25, -0.2) is 0 Å². The molecule has 22 heavy (non-hydrogen) atoms. The van der Waals surface area contributed by atoms with Gasteiger partial charge in [-0.3, -0.25) is 14.9 Å². The number of hydrogen-bond acceptors (Lipinski definition) is 6. The third-order valence-electron chi connectivity index (χ3n) is 3.09. The maximum atomic E-state index is 11.9. The van der Waals surface area contributed by atoms with Crippen molar-refractivity contribution < 1.29 is 9.59 Å². The van der Waals surface area contributed by atoms with E-state index in [9.17, 15) is 9.59 Å². The molecule has 3 rings (SSSR count). The van der Waals surface area contributed by atoms with E-state index in [2.05, 4.69) is 15.5 Å². The molecule has 0 bridgehead atoms. The lowest BCUT2D eigenvalue weighted by Crippen LogP contribution is -2.33. The molecule has 1 aromatic carbocycles. The van der Waals surface area contributed by atoms with Crippen molar-refractivity contribution in [2.75, 3.05) is 24.2 Å². The predicted octanol–water partition coefficient (Wildman–Crippen LogP) is 2.24. The summed E-state index contributed by atoms with van der Waals surface area (Å²) in [5, 5.41) is 12.0. The highest BCUT2D eigenvalue weighted by Crippen LogP contribution is 2.20. The van der Waals surface area contributed by atoms with Crippen LogP contribution in [0, 0.1) is 0 Å². The van der Waals surface area contributed by atoms with Crippen LogP contribution in [0.1, 0.15) is 10.6 Å². The van der Waals surface area contributed by atoms with Crippen molar-refractivity contribution in [1.82, 2.24) is 15.1 Å². The van der Waals surface area contributed by atoms with Gasteiger partial charge in [-0.05, 0) is 5.56 Å². The van der Waals surface area contributed by atoms with Gasteiger partial charge in [0.2, 0.25) is 11.0 Å². The second-order valence-corrected chi connectivity index (χ2v) is 6.86. The van der Waals surface area contributed by atoms with E-state index in [0.717, 1.165) is 16.3 Å². The summed E-state index contributed by atoms with van der Waals surface area (Å²) in [7, 11) is 0. The third-order valence-corrected chi connectivity index (χ3v) is 4.82. The van der Waals surface area contributed by atoms with Crippen molar-refractivity contribution in [3.63, 3.8) is 0 Å². The molecule has 1 saturated heterocycles. The van der Waals surface area contributed by atoms with Gasteiger partial charge < -0.3 is 4.90 Å². The topological polar surface area (TPSA) is 75.2 Å². The summed E-state index contributed by atoms with van der Waals surface area (Å²) < 4.78 is 0. The molecule has 2 aromatic rings. The molecule has 0 spiro atoms. The Balaban J connectivity index is 1.55. The van der Waals surface area contributed by atoms with Gasteiger partial charge in [-0.15, -0.1) is 10.2 Å². The van der Waals surface area contributed by atoms with Crippen LogP contribution in [0.25, 0.3) is 0 Å². The molecular formula is C14H14N4O2S2. The van der Waals surface area contributed by atoms with Crippen molar-refractivity contribution in [1.29, 1.82) is 0 Å². The van der Waals surface area contributed by atoms with Gasteiger partial charge in [0.05, 0.1) is 0 Å². The summed E-state index contributed by atoms with van der Waals surface area (Å²) in [6.07, 6.45) is 0.690. The van der Waals surface area contributed by atoms with Crippen LogP contribution in [0.2, 0.25) is 0 Å². The number of amides is 2. The van der Waals surface area contributed by atoms with Crippen molar-refractivity contribution in [2.24, 2.45) is 0 Å². The highest BCUT2D eigenvalue weighted by atomic mass is 32.2. The molecule has 0 aliphatic carbocycles. The monoisotopic (exact) mass is 334 g/mol. The Morgan fingerprint density at radius 2 is 2.09 bits per heavy atom. The zero-order chi connectivity index (χ0) is 15.4. The molecule has 0 radical (unpaired) electrons. The summed E-state index contributed by atoms with van der Waals surface area (Å²) >= 11 is 2.59. The Hall–Kier alpha value is -1.93. The van der Waals surface area contributed by atoms with Crippen LogP contribution in [0.4, 0.5) is 9.93 Å². The highest BCUT2D eigenvalue weighted by Gasteiger charge is 2.23. The number of nitrogens with one attached hydrogen (secondary N) is 1. The van der Waals surface area contributed by atoms with E-state index >= 15 is 0 Å². The predicted molar refractivity (Wildman–Crippen MR) is 87.2 cm³/mol. The first-order valence-electron chi connectivity index (χ1n) is 6.78. The molecular weight excluding hydrogens is 320 g/mol. The van der Waals surface area contributed by atoms with Crippen LogP contribution in [0.3, 0.4) is 0 Å². The number of carbonyl (C=O) groups is 2. The van der Waals surface area contributed by atoms with Gasteiger partial charge in [0.1, 0.15) is 11.6 Å². The van der Waals surface area contributed by atoms with Crippen molar-refractivity contribution in [3.8, 4) is 0 Å². The molecule has 8 heteroatoms. The molecule has 0 unspecified atom stereocenters.